The lowest BCUT2D eigenvalue weighted by Gasteiger charge is -1.99. The van der Waals surface area contributed by atoms with E-state index >= 15 is 0 Å². The van der Waals surface area contributed by atoms with E-state index < -0.39 is 0 Å². The number of hydrogen-bond acceptors (Lipinski definition) is 2. The molecule has 0 aliphatic heterocycles. The fraction of sp³-hybridized carbons (Fsp3) is 0. The summed E-state index contributed by atoms with van der Waals surface area (Å²) < 4.78 is 7.31. The third-order valence-corrected chi connectivity index (χ3v) is 1.96. The minimum Gasteiger partial charge on any atom is -0.298 e. The third kappa shape index (κ3) is 1.69. The summed E-state index contributed by atoms with van der Waals surface area (Å²) in [7, 11) is 0. The summed E-state index contributed by atoms with van der Waals surface area (Å²) >= 11 is 0. The highest BCUT2D eigenvalue weighted by molar-refractivity contribution is 5.76. The first-order valence-corrected chi connectivity index (χ1v) is 4.28. The van der Waals surface area contributed by atoms with Crippen LogP contribution in [0.4, 0.5) is 0 Å². The Balaban J connectivity index is 2.37. The summed E-state index contributed by atoms with van der Waals surface area (Å²) in [5, 5.41) is 0. The summed E-state index contributed by atoms with van der Waals surface area (Å²) in [5.41, 5.74) is 2.40. The van der Waals surface area contributed by atoms with Gasteiger partial charge in [-0.05, 0) is 12.1 Å². The maximum absolute atomic E-state index is 10.5. The average molecular weight is 184 g/mol. The van der Waals surface area contributed by atoms with Crippen molar-refractivity contribution in [3.63, 3.8) is 0 Å². The third-order valence-electron chi connectivity index (χ3n) is 1.96. The summed E-state index contributed by atoms with van der Waals surface area (Å²) in [6, 6.07) is 11.1. The molecule has 0 saturated heterocycles. The monoisotopic (exact) mass is 184 g/mol. The van der Waals surface area contributed by atoms with E-state index in [1.165, 1.54) is 6.20 Å². The van der Waals surface area contributed by atoms with Crippen LogP contribution in [0.15, 0.2) is 48.6 Å². The number of benzene rings is 1. The molecule has 2 aromatic rings. The van der Waals surface area contributed by atoms with Gasteiger partial charge < -0.3 is 0 Å². The van der Waals surface area contributed by atoms with Crippen LogP contribution in [-0.4, -0.2) is 11.3 Å². The molecule has 0 amide bonds. The number of carbonyl (C=O) groups is 1. The van der Waals surface area contributed by atoms with Gasteiger partial charge in [0, 0.05) is 17.3 Å². The Labute approximate surface area is 83.6 Å². The molecule has 2 rings (SSSR count). The molecule has 1 aromatic carbocycles. The van der Waals surface area contributed by atoms with Gasteiger partial charge in [0.15, 0.2) is 0 Å². The number of aromatic nitrogens is 1. The van der Waals surface area contributed by atoms with E-state index in [-0.39, 0.29) is 0 Å². The maximum Gasteiger partial charge on any atom is 0.150 e. The Morgan fingerprint density at radius 1 is 1.21 bits per heavy atom. The molecule has 14 heavy (non-hydrogen) atoms. The minimum absolute atomic E-state index is 0.392. The van der Waals surface area contributed by atoms with Crippen LogP contribution in [0.2, 0.25) is 0 Å². The lowest BCUT2D eigenvalue weighted by molar-refractivity contribution is 0.112. The molecule has 0 N–H and O–H groups in total. The van der Waals surface area contributed by atoms with Crippen molar-refractivity contribution in [3.05, 3.63) is 54.2 Å². The van der Waals surface area contributed by atoms with Crippen molar-refractivity contribution in [2.24, 2.45) is 0 Å². The molecule has 0 bridgehead atoms. The van der Waals surface area contributed by atoms with Gasteiger partial charge >= 0.3 is 0 Å². The molecule has 2 heteroatoms. The highest BCUT2D eigenvalue weighted by Crippen LogP contribution is 2.15. The van der Waals surface area contributed by atoms with Crippen molar-refractivity contribution < 1.29 is 6.17 Å². The van der Waals surface area contributed by atoms with E-state index in [1.54, 1.807) is 24.3 Å². The highest BCUT2D eigenvalue weighted by atomic mass is 16.1. The van der Waals surface area contributed by atoms with Crippen molar-refractivity contribution >= 4 is 6.29 Å². The topological polar surface area (TPSA) is 30.0 Å². The number of carbonyl (C=O) groups excluding carboxylic acids is 1. The Bertz CT molecular complexity index is 462. The van der Waals surface area contributed by atoms with E-state index in [0.717, 1.165) is 17.5 Å². The van der Waals surface area contributed by atoms with Crippen LogP contribution in [0.3, 0.4) is 0 Å². The smallest absolute Gasteiger partial charge is 0.150 e. The quantitative estimate of drug-likeness (QED) is 0.671. The highest BCUT2D eigenvalue weighted by Gasteiger charge is 1.96. The minimum atomic E-state index is 0.392. The predicted molar refractivity (Wildman–Crippen MR) is 55.1 cm³/mol. The van der Waals surface area contributed by atoms with E-state index in [0.29, 0.717) is 11.6 Å². The van der Waals surface area contributed by atoms with E-state index in [9.17, 15) is 4.79 Å². The Hall–Kier alpha value is -1.96. The molecule has 1 aromatic heterocycles. The van der Waals surface area contributed by atoms with Crippen LogP contribution in [0, 0.1) is 0 Å². The first-order chi connectivity index (χ1) is 7.29. The summed E-state index contributed by atoms with van der Waals surface area (Å²) in [6.07, 6.45) is 2.31. The van der Waals surface area contributed by atoms with Crippen LogP contribution in [-0.2, 0) is 0 Å². The molecular formula is C12H9NO. The van der Waals surface area contributed by atoms with Gasteiger partial charge in [0.25, 0.3) is 0 Å². The second-order valence-electron chi connectivity index (χ2n) is 2.88. The van der Waals surface area contributed by atoms with Crippen molar-refractivity contribution in [1.82, 2.24) is 4.98 Å². The van der Waals surface area contributed by atoms with Gasteiger partial charge in [-0.3, -0.25) is 9.78 Å². The van der Waals surface area contributed by atoms with Crippen LogP contribution in [0.1, 0.15) is 11.7 Å². The second-order valence-corrected chi connectivity index (χ2v) is 2.88. The lowest BCUT2D eigenvalue weighted by Crippen LogP contribution is -1.83. The van der Waals surface area contributed by atoms with E-state index in [4.69, 9.17) is 1.37 Å². The second kappa shape index (κ2) is 3.83. The van der Waals surface area contributed by atoms with Crippen molar-refractivity contribution in [1.29, 1.82) is 0 Å². The molecule has 1 heterocycles. The van der Waals surface area contributed by atoms with Crippen molar-refractivity contribution in [2.45, 2.75) is 0 Å². The Kier molecular flexibility index (Phi) is 2.04. The number of pyridine rings is 1. The van der Waals surface area contributed by atoms with Gasteiger partial charge in [-0.15, -0.1) is 0 Å². The largest absolute Gasteiger partial charge is 0.298 e. The van der Waals surface area contributed by atoms with Crippen molar-refractivity contribution in [2.75, 3.05) is 0 Å². The molecule has 0 aliphatic rings. The van der Waals surface area contributed by atoms with Crippen LogP contribution in [0.5, 0.6) is 0 Å². The molecule has 0 fully saturated rings. The van der Waals surface area contributed by atoms with Crippen LogP contribution < -0.4 is 0 Å². The molecule has 0 atom stereocenters. The van der Waals surface area contributed by atoms with Gasteiger partial charge in [0.2, 0.25) is 0 Å². The number of nitrogens with zero attached hydrogens (tertiary/aromatic N) is 1. The summed E-state index contributed by atoms with van der Waals surface area (Å²) in [4.78, 5) is 14.6. The van der Waals surface area contributed by atoms with E-state index in [1.807, 2.05) is 12.1 Å². The van der Waals surface area contributed by atoms with Gasteiger partial charge in [-0.25, -0.2) is 0 Å². The molecule has 0 unspecified atom stereocenters. The summed E-state index contributed by atoms with van der Waals surface area (Å²) in [5.74, 6) is 0. The normalized spacial score (nSPS) is 10.7. The zero-order valence-corrected chi connectivity index (χ0v) is 7.47. The maximum atomic E-state index is 10.5. The summed E-state index contributed by atoms with van der Waals surface area (Å²) in [6.45, 7) is 0. The standard InChI is InChI=1S/C12H9NO/c14-9-10-4-6-11(7-5-10)12-3-1-2-8-13-12/h1-9H/i2D. The number of aldehydes is 1. The molecular weight excluding hydrogens is 174 g/mol. The molecule has 0 spiro atoms. The fourth-order valence-corrected chi connectivity index (χ4v) is 1.22. The fourth-order valence-electron chi connectivity index (χ4n) is 1.22. The van der Waals surface area contributed by atoms with Gasteiger partial charge in [0.05, 0.1) is 7.06 Å². The first-order valence-electron chi connectivity index (χ1n) is 4.78. The van der Waals surface area contributed by atoms with Crippen LogP contribution >= 0.6 is 0 Å². The average Bonchev–Trinajstić information content (AvgIpc) is 2.30. The van der Waals surface area contributed by atoms with Crippen molar-refractivity contribution in [3.8, 4) is 11.3 Å². The number of rotatable bonds is 2. The molecule has 2 nitrogen and oxygen atoms in total. The molecule has 68 valence electrons. The Morgan fingerprint density at radius 3 is 2.57 bits per heavy atom. The predicted octanol–water partition coefficient (Wildman–Crippen LogP) is 2.56. The zero-order valence-electron chi connectivity index (χ0n) is 8.47. The van der Waals surface area contributed by atoms with Gasteiger partial charge in [-0.2, -0.15) is 0 Å². The molecule has 0 aliphatic carbocycles. The van der Waals surface area contributed by atoms with Crippen LogP contribution in [0.25, 0.3) is 11.3 Å². The van der Waals surface area contributed by atoms with Gasteiger partial charge in [-0.1, -0.05) is 30.3 Å². The lowest BCUT2D eigenvalue weighted by atomic mass is 10.1. The Morgan fingerprint density at radius 2 is 2.00 bits per heavy atom. The molecule has 0 radical (unpaired) electrons. The van der Waals surface area contributed by atoms with Gasteiger partial charge in [0.1, 0.15) is 6.29 Å². The van der Waals surface area contributed by atoms with E-state index in [2.05, 4.69) is 4.98 Å². The molecule has 0 saturated carbocycles. The number of hydrogen-bond donors (Lipinski definition) is 0. The zero-order chi connectivity index (χ0) is 10.7. The SMILES string of the molecule is [2H]c1ccc(-c2ccc(C=O)cc2)nc1. The first kappa shape index (κ1) is 7.44.